The Hall–Kier alpha value is -0.270. The average molecular weight is 254 g/mol. The summed E-state index contributed by atoms with van der Waals surface area (Å²) in [6.45, 7) is 3.90. The second-order valence-electron chi connectivity index (χ2n) is 3.13. The third kappa shape index (κ3) is 15.7. The molecule has 0 aromatic heterocycles. The molecule has 0 amide bonds. The monoisotopic (exact) mass is 254 g/mol. The standard InChI is InChI=1S/C11H23FO5/c1-13-4-5-15-8-9-17-11-10-16-7-6-14-3-2-12/h2-11H2,1H3. The van der Waals surface area contributed by atoms with Gasteiger partial charge in [-0.25, -0.2) is 4.39 Å². The van der Waals surface area contributed by atoms with E-state index in [2.05, 4.69) is 0 Å². The number of rotatable bonds is 14. The van der Waals surface area contributed by atoms with Gasteiger partial charge >= 0.3 is 0 Å². The van der Waals surface area contributed by atoms with Crippen LogP contribution in [0, 0.1) is 0 Å². The van der Waals surface area contributed by atoms with Gasteiger partial charge in [0.05, 0.1) is 59.5 Å². The van der Waals surface area contributed by atoms with Gasteiger partial charge in [-0.1, -0.05) is 0 Å². The summed E-state index contributed by atoms with van der Waals surface area (Å²) >= 11 is 0. The SMILES string of the molecule is COCCOCCOCCOCCOCCF. The Kier molecular flexibility index (Phi) is 15.5. The highest BCUT2D eigenvalue weighted by Crippen LogP contribution is 1.83. The molecule has 0 rings (SSSR count). The minimum absolute atomic E-state index is 0.138. The Morgan fingerprint density at radius 2 is 0.941 bits per heavy atom. The third-order valence-electron chi connectivity index (χ3n) is 1.77. The van der Waals surface area contributed by atoms with Crippen LogP contribution < -0.4 is 0 Å². The zero-order chi connectivity index (χ0) is 12.6. The number of alkyl halides is 1. The minimum Gasteiger partial charge on any atom is -0.382 e. The van der Waals surface area contributed by atoms with E-state index >= 15 is 0 Å². The van der Waals surface area contributed by atoms with Crippen LogP contribution in [0.25, 0.3) is 0 Å². The Bertz CT molecular complexity index is 123. The first kappa shape index (κ1) is 16.7. The largest absolute Gasteiger partial charge is 0.382 e. The first-order chi connectivity index (χ1) is 8.41. The van der Waals surface area contributed by atoms with E-state index in [4.69, 9.17) is 23.7 Å². The van der Waals surface area contributed by atoms with E-state index in [9.17, 15) is 4.39 Å². The highest BCUT2D eigenvalue weighted by atomic mass is 19.1. The lowest BCUT2D eigenvalue weighted by molar-refractivity contribution is -0.00859. The molecule has 0 saturated carbocycles. The van der Waals surface area contributed by atoms with Crippen LogP contribution in [0.15, 0.2) is 0 Å². The van der Waals surface area contributed by atoms with Crippen molar-refractivity contribution < 1.29 is 28.1 Å². The molecule has 0 aromatic rings. The van der Waals surface area contributed by atoms with Crippen LogP contribution in [0.2, 0.25) is 0 Å². The molecule has 0 spiro atoms. The summed E-state index contributed by atoms with van der Waals surface area (Å²) in [5.74, 6) is 0. The second-order valence-corrected chi connectivity index (χ2v) is 3.13. The Morgan fingerprint density at radius 3 is 1.29 bits per heavy atom. The van der Waals surface area contributed by atoms with Crippen molar-refractivity contribution in [2.24, 2.45) is 0 Å². The van der Waals surface area contributed by atoms with Crippen LogP contribution in [-0.4, -0.2) is 73.2 Å². The topological polar surface area (TPSA) is 46.2 Å². The van der Waals surface area contributed by atoms with Gasteiger partial charge in [-0.2, -0.15) is 0 Å². The molecule has 0 N–H and O–H groups in total. The first-order valence-electron chi connectivity index (χ1n) is 5.77. The van der Waals surface area contributed by atoms with Gasteiger partial charge in [0.15, 0.2) is 0 Å². The molecule has 0 unspecified atom stereocenters. The highest BCUT2D eigenvalue weighted by Gasteiger charge is 1.92. The number of hydrogen-bond donors (Lipinski definition) is 0. The van der Waals surface area contributed by atoms with Crippen molar-refractivity contribution in [1.29, 1.82) is 0 Å². The van der Waals surface area contributed by atoms with Gasteiger partial charge in [-0.05, 0) is 0 Å². The molecule has 17 heavy (non-hydrogen) atoms. The molecule has 0 fully saturated rings. The quantitative estimate of drug-likeness (QED) is 0.426. The van der Waals surface area contributed by atoms with Crippen LogP contribution in [0.4, 0.5) is 4.39 Å². The number of halogens is 1. The number of ether oxygens (including phenoxy) is 5. The van der Waals surface area contributed by atoms with E-state index in [1.807, 2.05) is 0 Å². The lowest BCUT2D eigenvalue weighted by Crippen LogP contribution is -2.13. The Morgan fingerprint density at radius 1 is 0.588 bits per heavy atom. The fraction of sp³-hybridized carbons (Fsp3) is 1.00. The highest BCUT2D eigenvalue weighted by molar-refractivity contribution is 4.35. The maximum atomic E-state index is 11.6. The number of hydrogen-bond acceptors (Lipinski definition) is 5. The molecule has 104 valence electrons. The molecule has 0 aliphatic carbocycles. The fourth-order valence-corrected chi connectivity index (χ4v) is 0.959. The molecule has 0 atom stereocenters. The summed E-state index contributed by atoms with van der Waals surface area (Å²) in [5, 5.41) is 0. The fourth-order valence-electron chi connectivity index (χ4n) is 0.959. The van der Waals surface area contributed by atoms with Crippen molar-refractivity contribution in [1.82, 2.24) is 0 Å². The van der Waals surface area contributed by atoms with E-state index in [1.54, 1.807) is 7.11 Å². The first-order valence-corrected chi connectivity index (χ1v) is 5.77. The zero-order valence-corrected chi connectivity index (χ0v) is 10.5. The zero-order valence-electron chi connectivity index (χ0n) is 10.5. The van der Waals surface area contributed by atoms with E-state index in [1.165, 1.54) is 0 Å². The molecule has 6 heteroatoms. The molecule has 5 nitrogen and oxygen atoms in total. The predicted molar refractivity (Wildman–Crippen MR) is 61.1 cm³/mol. The molecule has 0 saturated heterocycles. The Labute approximate surface area is 102 Å². The van der Waals surface area contributed by atoms with Crippen molar-refractivity contribution in [2.75, 3.05) is 73.2 Å². The molecular weight excluding hydrogens is 231 g/mol. The van der Waals surface area contributed by atoms with E-state index in [0.717, 1.165) is 0 Å². The van der Waals surface area contributed by atoms with Crippen molar-refractivity contribution in [3.63, 3.8) is 0 Å². The van der Waals surface area contributed by atoms with Gasteiger partial charge < -0.3 is 23.7 Å². The summed E-state index contributed by atoms with van der Waals surface area (Å²) < 4.78 is 37.0. The van der Waals surface area contributed by atoms with Gasteiger partial charge in [0.25, 0.3) is 0 Å². The summed E-state index contributed by atoms with van der Waals surface area (Å²) in [5.41, 5.74) is 0. The van der Waals surface area contributed by atoms with E-state index in [0.29, 0.717) is 52.9 Å². The normalized spacial score (nSPS) is 10.9. The molecule has 0 aromatic carbocycles. The summed E-state index contributed by atoms with van der Waals surface area (Å²) in [6.07, 6.45) is 0. The van der Waals surface area contributed by atoms with Crippen LogP contribution in [-0.2, 0) is 23.7 Å². The van der Waals surface area contributed by atoms with Gasteiger partial charge in [0, 0.05) is 7.11 Å². The van der Waals surface area contributed by atoms with Crippen molar-refractivity contribution >= 4 is 0 Å². The Balaban J connectivity index is 2.85. The van der Waals surface area contributed by atoms with Crippen molar-refractivity contribution in [2.45, 2.75) is 0 Å². The molecule has 0 aliphatic heterocycles. The molecule has 0 radical (unpaired) electrons. The molecule has 0 aliphatic rings. The maximum Gasteiger partial charge on any atom is 0.113 e. The lowest BCUT2D eigenvalue weighted by Gasteiger charge is -2.06. The summed E-state index contributed by atoms with van der Waals surface area (Å²) in [4.78, 5) is 0. The molecule has 0 heterocycles. The van der Waals surface area contributed by atoms with Crippen LogP contribution in [0.3, 0.4) is 0 Å². The molecular formula is C11H23FO5. The van der Waals surface area contributed by atoms with Gasteiger partial charge in [0.2, 0.25) is 0 Å². The van der Waals surface area contributed by atoms with Crippen molar-refractivity contribution in [3.8, 4) is 0 Å². The summed E-state index contributed by atoms with van der Waals surface area (Å²) in [7, 11) is 1.63. The van der Waals surface area contributed by atoms with Crippen molar-refractivity contribution in [3.05, 3.63) is 0 Å². The van der Waals surface area contributed by atoms with Crippen LogP contribution >= 0.6 is 0 Å². The van der Waals surface area contributed by atoms with Crippen LogP contribution in [0.5, 0.6) is 0 Å². The predicted octanol–water partition coefficient (Wildman–Crippen LogP) is 0.669. The van der Waals surface area contributed by atoms with Gasteiger partial charge in [-0.3, -0.25) is 0 Å². The van der Waals surface area contributed by atoms with Gasteiger partial charge in [-0.15, -0.1) is 0 Å². The minimum atomic E-state index is -0.452. The van der Waals surface area contributed by atoms with Crippen LogP contribution in [0.1, 0.15) is 0 Å². The smallest absolute Gasteiger partial charge is 0.113 e. The summed E-state index contributed by atoms with van der Waals surface area (Å²) in [6, 6.07) is 0. The van der Waals surface area contributed by atoms with Gasteiger partial charge in [0.1, 0.15) is 6.67 Å². The maximum absolute atomic E-state index is 11.6. The third-order valence-corrected chi connectivity index (χ3v) is 1.77. The lowest BCUT2D eigenvalue weighted by atomic mass is 10.7. The van der Waals surface area contributed by atoms with E-state index < -0.39 is 6.67 Å². The molecule has 0 bridgehead atoms. The number of methoxy groups -OCH3 is 1. The average Bonchev–Trinajstić information content (AvgIpc) is 2.35. The second kappa shape index (κ2) is 15.7. The van der Waals surface area contributed by atoms with E-state index in [-0.39, 0.29) is 6.61 Å².